The summed E-state index contributed by atoms with van der Waals surface area (Å²) < 4.78 is 6.22. The van der Waals surface area contributed by atoms with Gasteiger partial charge in [0.2, 0.25) is 0 Å². The topological polar surface area (TPSA) is 50.7 Å². The van der Waals surface area contributed by atoms with Crippen LogP contribution in [0.15, 0.2) is 70.2 Å². The molecule has 1 N–H and O–H groups in total. The van der Waals surface area contributed by atoms with Gasteiger partial charge in [0.25, 0.3) is 5.91 Å². The van der Waals surface area contributed by atoms with Crippen LogP contribution >= 0.6 is 27.5 Å². The summed E-state index contributed by atoms with van der Waals surface area (Å²) in [6.07, 6.45) is 1.59. The highest BCUT2D eigenvalue weighted by atomic mass is 79.9. The Labute approximate surface area is 158 Å². The van der Waals surface area contributed by atoms with Crippen molar-refractivity contribution in [2.45, 2.75) is 0 Å². The summed E-state index contributed by atoms with van der Waals surface area (Å²) in [5.74, 6) is 0.0783. The lowest BCUT2D eigenvalue weighted by Gasteiger charge is -2.07. The number of hydrogen-bond donors (Lipinski definition) is 1. The van der Waals surface area contributed by atoms with E-state index in [0.717, 1.165) is 20.8 Å². The van der Waals surface area contributed by atoms with Gasteiger partial charge in [-0.05, 0) is 40.6 Å². The second-order valence-electron chi connectivity index (χ2n) is 5.26. The average molecular weight is 418 g/mol. The van der Waals surface area contributed by atoms with Crippen LogP contribution in [0.4, 0.5) is 0 Å². The van der Waals surface area contributed by atoms with Crippen LogP contribution < -0.4 is 10.2 Å². The largest absolute Gasteiger partial charge is 0.482 e. The molecule has 3 aromatic carbocycles. The lowest BCUT2D eigenvalue weighted by molar-refractivity contribution is -0.123. The van der Waals surface area contributed by atoms with E-state index in [4.69, 9.17) is 16.3 Å². The van der Waals surface area contributed by atoms with Crippen molar-refractivity contribution in [3.8, 4) is 5.75 Å². The van der Waals surface area contributed by atoms with Gasteiger partial charge in [-0.3, -0.25) is 4.79 Å². The lowest BCUT2D eigenvalue weighted by Crippen LogP contribution is -2.24. The second kappa shape index (κ2) is 8.14. The third-order valence-corrected chi connectivity index (χ3v) is 4.22. The molecule has 3 aromatic rings. The van der Waals surface area contributed by atoms with Crippen molar-refractivity contribution in [2.75, 3.05) is 6.61 Å². The van der Waals surface area contributed by atoms with Gasteiger partial charge in [0.1, 0.15) is 5.75 Å². The monoisotopic (exact) mass is 416 g/mol. The van der Waals surface area contributed by atoms with Gasteiger partial charge in [0.05, 0.1) is 11.2 Å². The number of halogens is 2. The minimum atomic E-state index is -0.365. The summed E-state index contributed by atoms with van der Waals surface area (Å²) in [4.78, 5) is 11.8. The predicted molar refractivity (Wildman–Crippen MR) is 104 cm³/mol. The van der Waals surface area contributed by atoms with Gasteiger partial charge >= 0.3 is 0 Å². The van der Waals surface area contributed by atoms with Crippen LogP contribution in [-0.4, -0.2) is 18.7 Å². The van der Waals surface area contributed by atoms with Gasteiger partial charge in [0, 0.05) is 4.47 Å². The number of nitrogens with one attached hydrogen (secondary N) is 1. The third kappa shape index (κ3) is 4.81. The smallest absolute Gasteiger partial charge is 0.277 e. The maximum atomic E-state index is 11.8. The molecule has 0 aliphatic heterocycles. The summed E-state index contributed by atoms with van der Waals surface area (Å²) in [6, 6.07) is 19.2. The molecule has 1 amide bonds. The Kier molecular flexibility index (Phi) is 5.68. The van der Waals surface area contributed by atoms with Crippen LogP contribution in [0.25, 0.3) is 10.8 Å². The van der Waals surface area contributed by atoms with Crippen LogP contribution in [0.1, 0.15) is 5.56 Å². The molecule has 0 unspecified atom stereocenters. The number of carbonyl (C=O) groups is 1. The fourth-order valence-electron chi connectivity index (χ4n) is 2.23. The van der Waals surface area contributed by atoms with Crippen molar-refractivity contribution in [1.29, 1.82) is 0 Å². The van der Waals surface area contributed by atoms with Gasteiger partial charge in [0.15, 0.2) is 6.61 Å². The minimum absolute atomic E-state index is 0.170. The highest BCUT2D eigenvalue weighted by molar-refractivity contribution is 9.10. The van der Waals surface area contributed by atoms with E-state index in [9.17, 15) is 4.79 Å². The Morgan fingerprint density at radius 3 is 2.72 bits per heavy atom. The summed E-state index contributed by atoms with van der Waals surface area (Å²) >= 11 is 9.34. The summed E-state index contributed by atoms with van der Waals surface area (Å²) in [7, 11) is 0. The molecule has 0 radical (unpaired) electrons. The van der Waals surface area contributed by atoms with Crippen molar-refractivity contribution in [1.82, 2.24) is 5.43 Å². The van der Waals surface area contributed by atoms with Gasteiger partial charge in [-0.25, -0.2) is 5.43 Å². The molecule has 0 bridgehead atoms. The fourth-order valence-corrected chi connectivity index (χ4v) is 2.96. The molecule has 126 valence electrons. The van der Waals surface area contributed by atoms with E-state index in [0.29, 0.717) is 10.8 Å². The Morgan fingerprint density at radius 2 is 1.92 bits per heavy atom. The maximum absolute atomic E-state index is 11.8. The first-order chi connectivity index (χ1) is 12.1. The third-order valence-electron chi connectivity index (χ3n) is 3.43. The van der Waals surface area contributed by atoms with Crippen LogP contribution in [0.5, 0.6) is 5.75 Å². The van der Waals surface area contributed by atoms with Gasteiger partial charge in [-0.1, -0.05) is 63.9 Å². The average Bonchev–Trinajstić information content (AvgIpc) is 2.61. The molecule has 0 fully saturated rings. The summed E-state index contributed by atoms with van der Waals surface area (Å²) in [6.45, 7) is -0.170. The van der Waals surface area contributed by atoms with E-state index in [2.05, 4.69) is 26.5 Å². The Hall–Kier alpha value is -2.37. The number of hydrazone groups is 1. The van der Waals surface area contributed by atoms with E-state index in [1.54, 1.807) is 24.4 Å². The second-order valence-corrected chi connectivity index (χ2v) is 6.59. The predicted octanol–water partition coefficient (Wildman–Crippen LogP) is 4.78. The molecule has 0 saturated heterocycles. The molecule has 6 heteroatoms. The molecule has 0 aromatic heterocycles. The molecule has 0 aliphatic rings. The van der Waals surface area contributed by atoms with Gasteiger partial charge in [-0.2, -0.15) is 5.10 Å². The summed E-state index contributed by atoms with van der Waals surface area (Å²) in [5.41, 5.74) is 3.33. The molecule has 4 nitrogen and oxygen atoms in total. The van der Waals surface area contributed by atoms with E-state index in [1.165, 1.54) is 0 Å². The maximum Gasteiger partial charge on any atom is 0.277 e. The van der Waals surface area contributed by atoms with E-state index in [-0.39, 0.29) is 12.5 Å². The summed E-state index contributed by atoms with van der Waals surface area (Å²) in [5, 5.41) is 6.66. The highest BCUT2D eigenvalue weighted by Crippen LogP contribution is 2.27. The number of benzene rings is 3. The molecule has 25 heavy (non-hydrogen) atoms. The van der Waals surface area contributed by atoms with Crippen molar-refractivity contribution in [3.05, 3.63) is 75.7 Å². The van der Waals surface area contributed by atoms with Gasteiger partial charge in [-0.15, -0.1) is 0 Å². The number of ether oxygens (including phenoxy) is 1. The van der Waals surface area contributed by atoms with E-state index < -0.39 is 0 Å². The van der Waals surface area contributed by atoms with Crippen molar-refractivity contribution in [3.63, 3.8) is 0 Å². The number of nitrogens with zero attached hydrogens (tertiary/aromatic N) is 1. The minimum Gasteiger partial charge on any atom is -0.482 e. The lowest BCUT2D eigenvalue weighted by atomic mass is 10.1. The number of carbonyl (C=O) groups excluding carboxylic acids is 1. The Morgan fingerprint density at radius 1 is 1.12 bits per heavy atom. The molecule has 0 heterocycles. The zero-order valence-corrected chi connectivity index (χ0v) is 15.4. The number of fused-ring (bicyclic) bond motifs is 1. The first-order valence-electron chi connectivity index (χ1n) is 7.50. The molecular weight excluding hydrogens is 404 g/mol. The standard InChI is InChI=1S/C19H14BrClN2O2/c20-16-7-8-18(17(21)10-16)25-12-19(24)23-22-11-13-5-6-14-3-1-2-4-15(14)9-13/h1-11H,12H2,(H,23,24)/b22-11+. The molecule has 0 spiro atoms. The van der Waals surface area contributed by atoms with Crippen LogP contribution in [0.3, 0.4) is 0 Å². The van der Waals surface area contributed by atoms with Crippen LogP contribution in [0, 0.1) is 0 Å². The van der Waals surface area contributed by atoms with Gasteiger partial charge < -0.3 is 4.74 Å². The number of amides is 1. The zero-order chi connectivity index (χ0) is 17.6. The molecular formula is C19H14BrClN2O2. The molecule has 0 aliphatic carbocycles. The van der Waals surface area contributed by atoms with Crippen LogP contribution in [-0.2, 0) is 4.79 Å². The highest BCUT2D eigenvalue weighted by Gasteiger charge is 2.05. The molecule has 0 atom stereocenters. The molecule has 3 rings (SSSR count). The molecule has 0 saturated carbocycles. The van der Waals surface area contributed by atoms with Crippen molar-refractivity contribution < 1.29 is 9.53 Å². The zero-order valence-electron chi connectivity index (χ0n) is 13.1. The fraction of sp³-hybridized carbons (Fsp3) is 0.0526. The quantitative estimate of drug-likeness (QED) is 0.479. The van der Waals surface area contributed by atoms with E-state index >= 15 is 0 Å². The first-order valence-corrected chi connectivity index (χ1v) is 8.67. The Bertz CT molecular complexity index is 944. The number of hydrogen-bond acceptors (Lipinski definition) is 3. The van der Waals surface area contributed by atoms with Crippen molar-refractivity contribution >= 4 is 50.4 Å². The van der Waals surface area contributed by atoms with Crippen LogP contribution in [0.2, 0.25) is 5.02 Å². The number of rotatable bonds is 5. The normalized spacial score (nSPS) is 11.0. The first kappa shape index (κ1) is 17.5. The Balaban J connectivity index is 1.54. The van der Waals surface area contributed by atoms with E-state index in [1.807, 2.05) is 42.5 Å². The SMILES string of the molecule is O=C(COc1ccc(Br)cc1Cl)N/N=C/c1ccc2ccccc2c1. The van der Waals surface area contributed by atoms with Crippen molar-refractivity contribution in [2.24, 2.45) is 5.10 Å².